The number of rotatable bonds is 8. The minimum Gasteiger partial charge on any atom is -0.482 e. The number of nitrogens with zero attached hydrogens (tertiary/aromatic N) is 1. The number of anilines is 1. The van der Waals surface area contributed by atoms with Crippen LogP contribution in [0.3, 0.4) is 0 Å². The molecule has 0 aliphatic heterocycles. The van der Waals surface area contributed by atoms with E-state index in [2.05, 4.69) is 28.0 Å². The summed E-state index contributed by atoms with van der Waals surface area (Å²) in [5.74, 6) is -0.841. The molecule has 0 atom stereocenters. The Morgan fingerprint density at radius 3 is 2.33 bits per heavy atom. The normalized spacial score (nSPS) is 10.6. The third kappa shape index (κ3) is 6.47. The molecule has 0 unspecified atom stereocenters. The van der Waals surface area contributed by atoms with E-state index in [4.69, 9.17) is 9.84 Å². The molecule has 2 rings (SSSR count). The first-order chi connectivity index (χ1) is 12.8. The van der Waals surface area contributed by atoms with Gasteiger partial charge in [-0.05, 0) is 61.7 Å². The van der Waals surface area contributed by atoms with Gasteiger partial charge in [-0.25, -0.2) is 10.2 Å². The SMILES string of the molecule is Cc1cc(C)c(NCC(=O)N/N=C\c2ccc(OCC(=O)O)cc2)c(C)c1. The summed E-state index contributed by atoms with van der Waals surface area (Å²) < 4.78 is 5.04. The predicted octanol–water partition coefficient (Wildman–Crippen LogP) is 2.64. The number of benzene rings is 2. The molecule has 0 fully saturated rings. The van der Waals surface area contributed by atoms with E-state index >= 15 is 0 Å². The van der Waals surface area contributed by atoms with Gasteiger partial charge in [-0.2, -0.15) is 5.10 Å². The van der Waals surface area contributed by atoms with E-state index in [1.165, 1.54) is 11.8 Å². The van der Waals surface area contributed by atoms with E-state index in [-0.39, 0.29) is 12.5 Å². The van der Waals surface area contributed by atoms with Gasteiger partial charge in [-0.1, -0.05) is 17.7 Å². The molecule has 27 heavy (non-hydrogen) atoms. The van der Waals surface area contributed by atoms with Crippen LogP contribution in [-0.4, -0.2) is 36.3 Å². The third-order valence-electron chi connectivity index (χ3n) is 3.75. The van der Waals surface area contributed by atoms with Crippen LogP contribution in [0.1, 0.15) is 22.3 Å². The van der Waals surface area contributed by atoms with Gasteiger partial charge >= 0.3 is 5.97 Å². The Bertz CT molecular complexity index is 822. The highest BCUT2D eigenvalue weighted by Crippen LogP contribution is 2.21. The van der Waals surface area contributed by atoms with Gasteiger partial charge in [-0.15, -0.1) is 0 Å². The van der Waals surface area contributed by atoms with Crippen molar-refractivity contribution in [3.63, 3.8) is 0 Å². The Morgan fingerprint density at radius 1 is 1.11 bits per heavy atom. The van der Waals surface area contributed by atoms with Gasteiger partial charge in [-0.3, -0.25) is 4.79 Å². The number of carboxylic acids is 1. The summed E-state index contributed by atoms with van der Waals surface area (Å²) in [6, 6.07) is 10.8. The highest BCUT2D eigenvalue weighted by atomic mass is 16.5. The number of hydrazone groups is 1. The van der Waals surface area contributed by atoms with Crippen LogP contribution in [0.15, 0.2) is 41.5 Å². The Labute approximate surface area is 158 Å². The van der Waals surface area contributed by atoms with E-state index in [1.807, 2.05) is 20.8 Å². The van der Waals surface area contributed by atoms with Crippen LogP contribution < -0.4 is 15.5 Å². The van der Waals surface area contributed by atoms with Crippen molar-refractivity contribution in [1.82, 2.24) is 5.43 Å². The molecule has 2 aromatic rings. The Kier molecular flexibility index (Phi) is 6.93. The second kappa shape index (κ2) is 9.38. The van der Waals surface area contributed by atoms with E-state index in [0.29, 0.717) is 5.75 Å². The van der Waals surface area contributed by atoms with Crippen molar-refractivity contribution in [2.45, 2.75) is 20.8 Å². The van der Waals surface area contributed by atoms with Crippen LogP contribution in [0, 0.1) is 20.8 Å². The summed E-state index contributed by atoms with van der Waals surface area (Å²) >= 11 is 0. The van der Waals surface area contributed by atoms with Crippen molar-refractivity contribution >= 4 is 23.8 Å². The molecule has 0 aliphatic carbocycles. The molecule has 7 heteroatoms. The van der Waals surface area contributed by atoms with Crippen molar-refractivity contribution < 1.29 is 19.4 Å². The largest absolute Gasteiger partial charge is 0.482 e. The third-order valence-corrected chi connectivity index (χ3v) is 3.75. The van der Waals surface area contributed by atoms with Crippen molar-refractivity contribution in [2.75, 3.05) is 18.5 Å². The molecule has 0 bridgehead atoms. The molecule has 0 spiro atoms. The number of carbonyl (C=O) groups excluding carboxylic acids is 1. The van der Waals surface area contributed by atoms with Crippen molar-refractivity contribution in [3.8, 4) is 5.75 Å². The number of hydrogen-bond donors (Lipinski definition) is 3. The van der Waals surface area contributed by atoms with Gasteiger partial charge in [0.05, 0.1) is 12.8 Å². The number of aryl methyl sites for hydroxylation is 3. The lowest BCUT2D eigenvalue weighted by Crippen LogP contribution is -2.26. The first-order valence-corrected chi connectivity index (χ1v) is 8.43. The summed E-state index contributed by atoms with van der Waals surface area (Å²) in [7, 11) is 0. The van der Waals surface area contributed by atoms with Crippen LogP contribution >= 0.6 is 0 Å². The van der Waals surface area contributed by atoms with Gasteiger partial charge in [0.1, 0.15) is 5.75 Å². The number of nitrogens with one attached hydrogen (secondary N) is 2. The molecule has 1 amide bonds. The second-order valence-electron chi connectivity index (χ2n) is 6.17. The average Bonchev–Trinajstić information content (AvgIpc) is 2.60. The quantitative estimate of drug-likeness (QED) is 0.491. The van der Waals surface area contributed by atoms with E-state index < -0.39 is 12.6 Å². The first kappa shape index (κ1) is 20.0. The number of hydrogen-bond acceptors (Lipinski definition) is 5. The molecule has 0 saturated heterocycles. The van der Waals surface area contributed by atoms with Gasteiger partial charge < -0.3 is 15.2 Å². The maximum absolute atomic E-state index is 11.9. The van der Waals surface area contributed by atoms with Crippen molar-refractivity contribution in [2.24, 2.45) is 5.10 Å². The predicted molar refractivity (Wildman–Crippen MR) is 104 cm³/mol. The number of amides is 1. The maximum atomic E-state index is 11.9. The molecular formula is C20H23N3O4. The Hall–Kier alpha value is -3.35. The number of carbonyl (C=O) groups is 2. The van der Waals surface area contributed by atoms with Crippen molar-refractivity contribution in [3.05, 3.63) is 58.7 Å². The molecule has 0 saturated carbocycles. The van der Waals surface area contributed by atoms with E-state index in [0.717, 1.165) is 22.4 Å². The van der Waals surface area contributed by atoms with Crippen LogP contribution in [0.5, 0.6) is 5.75 Å². The Morgan fingerprint density at radius 2 is 1.74 bits per heavy atom. The van der Waals surface area contributed by atoms with E-state index in [9.17, 15) is 9.59 Å². The van der Waals surface area contributed by atoms with Gasteiger partial charge in [0.25, 0.3) is 5.91 Å². The fraction of sp³-hybridized carbons (Fsp3) is 0.250. The summed E-state index contributed by atoms with van der Waals surface area (Å²) in [6.07, 6.45) is 1.50. The maximum Gasteiger partial charge on any atom is 0.341 e. The van der Waals surface area contributed by atoms with Crippen LogP contribution in [-0.2, 0) is 9.59 Å². The highest BCUT2D eigenvalue weighted by Gasteiger charge is 2.06. The molecule has 0 aromatic heterocycles. The number of aliphatic carboxylic acids is 1. The zero-order chi connectivity index (χ0) is 19.8. The first-order valence-electron chi connectivity index (χ1n) is 8.43. The fourth-order valence-electron chi connectivity index (χ4n) is 2.64. The average molecular weight is 369 g/mol. The number of ether oxygens (including phenoxy) is 1. The molecule has 0 aliphatic rings. The van der Waals surface area contributed by atoms with E-state index in [1.54, 1.807) is 24.3 Å². The molecule has 0 heterocycles. The zero-order valence-electron chi connectivity index (χ0n) is 15.6. The lowest BCUT2D eigenvalue weighted by molar-refractivity contribution is -0.139. The zero-order valence-corrected chi connectivity index (χ0v) is 15.6. The minimum atomic E-state index is -1.03. The van der Waals surface area contributed by atoms with Crippen molar-refractivity contribution in [1.29, 1.82) is 0 Å². The summed E-state index contributed by atoms with van der Waals surface area (Å²) in [5, 5.41) is 15.6. The smallest absolute Gasteiger partial charge is 0.341 e. The lowest BCUT2D eigenvalue weighted by atomic mass is 10.1. The van der Waals surface area contributed by atoms with Crippen LogP contribution in [0.2, 0.25) is 0 Å². The van der Waals surface area contributed by atoms with Gasteiger partial charge in [0.2, 0.25) is 0 Å². The monoisotopic (exact) mass is 369 g/mol. The van der Waals surface area contributed by atoms with Gasteiger partial charge in [0.15, 0.2) is 6.61 Å². The molecule has 142 valence electrons. The summed E-state index contributed by atoms with van der Waals surface area (Å²) in [6.45, 7) is 5.76. The van der Waals surface area contributed by atoms with Gasteiger partial charge in [0, 0.05) is 5.69 Å². The topological polar surface area (TPSA) is 100 Å². The molecule has 2 aromatic carbocycles. The standard InChI is InChI=1S/C20H23N3O4/c1-13-8-14(2)20(15(3)9-13)21-11-18(24)23-22-10-16-4-6-17(7-5-16)27-12-19(25)26/h4-10,21H,11-12H2,1-3H3,(H,23,24)(H,25,26)/b22-10-. The summed E-state index contributed by atoms with van der Waals surface area (Å²) in [4.78, 5) is 22.4. The molecule has 0 radical (unpaired) electrons. The lowest BCUT2D eigenvalue weighted by Gasteiger charge is -2.13. The molecular weight excluding hydrogens is 346 g/mol. The number of carboxylic acid groups (broad SMARTS) is 1. The molecule has 7 nitrogen and oxygen atoms in total. The molecule has 3 N–H and O–H groups in total. The van der Waals surface area contributed by atoms with Crippen LogP contribution in [0.4, 0.5) is 5.69 Å². The van der Waals surface area contributed by atoms with Crippen LogP contribution in [0.25, 0.3) is 0 Å². The second-order valence-corrected chi connectivity index (χ2v) is 6.17. The highest BCUT2D eigenvalue weighted by molar-refractivity contribution is 5.84. The summed E-state index contributed by atoms with van der Waals surface area (Å²) in [5.41, 5.74) is 7.53. The minimum absolute atomic E-state index is 0.115. The fourth-order valence-corrected chi connectivity index (χ4v) is 2.64. The Balaban J connectivity index is 1.82.